The minimum atomic E-state index is -3.09. The number of rotatable bonds is 9. The summed E-state index contributed by atoms with van der Waals surface area (Å²) in [4.78, 5) is 45.5. The summed E-state index contributed by atoms with van der Waals surface area (Å²) in [5, 5.41) is 18.4. The van der Waals surface area contributed by atoms with Crippen molar-refractivity contribution in [2.75, 3.05) is 11.9 Å². The molecular formula is C28H36F2N6O3. The number of piperidine rings is 3. The number of anilines is 1. The molecule has 3 amide bonds. The Hall–Kier alpha value is -3.29. The predicted octanol–water partition coefficient (Wildman–Crippen LogP) is 2.91. The zero-order valence-corrected chi connectivity index (χ0v) is 22.2. The Morgan fingerprint density at radius 1 is 1.23 bits per heavy atom. The summed E-state index contributed by atoms with van der Waals surface area (Å²) in [7, 11) is 0. The van der Waals surface area contributed by atoms with E-state index in [1.807, 2.05) is 19.1 Å². The van der Waals surface area contributed by atoms with Gasteiger partial charge in [0.1, 0.15) is 18.1 Å². The van der Waals surface area contributed by atoms with Gasteiger partial charge in [0, 0.05) is 37.3 Å². The van der Waals surface area contributed by atoms with Crippen molar-refractivity contribution >= 4 is 23.4 Å². The Morgan fingerprint density at radius 3 is 2.69 bits per heavy atom. The first kappa shape index (κ1) is 27.3. The first-order valence-electron chi connectivity index (χ1n) is 14.0. The largest absolute Gasteiger partial charge is 0.372 e. The van der Waals surface area contributed by atoms with Gasteiger partial charge in [0.05, 0.1) is 17.7 Å². The Bertz CT molecular complexity index is 1150. The van der Waals surface area contributed by atoms with E-state index in [1.54, 1.807) is 12.4 Å². The van der Waals surface area contributed by atoms with E-state index in [0.29, 0.717) is 37.4 Å². The molecule has 11 heteroatoms. The average molecular weight is 543 g/mol. The molecule has 6 rings (SSSR count). The number of nitriles is 1. The van der Waals surface area contributed by atoms with E-state index in [-0.39, 0.29) is 24.7 Å². The van der Waals surface area contributed by atoms with E-state index in [4.69, 9.17) is 0 Å². The third kappa shape index (κ3) is 5.99. The lowest BCUT2D eigenvalue weighted by Crippen LogP contribution is -2.70. The summed E-state index contributed by atoms with van der Waals surface area (Å²) in [6.07, 6.45) is 7.42. The molecule has 2 bridgehead atoms. The first-order valence-corrected chi connectivity index (χ1v) is 14.0. The van der Waals surface area contributed by atoms with Gasteiger partial charge in [0.2, 0.25) is 17.7 Å². The number of carbonyl (C=O) groups is 3. The molecule has 5 fully saturated rings. The molecule has 3 aliphatic heterocycles. The fourth-order valence-electron chi connectivity index (χ4n) is 6.49. The number of pyridine rings is 1. The van der Waals surface area contributed by atoms with Gasteiger partial charge in [-0.3, -0.25) is 19.4 Å². The Morgan fingerprint density at radius 2 is 2.03 bits per heavy atom. The Balaban J connectivity index is 1.38. The summed E-state index contributed by atoms with van der Waals surface area (Å²) in [6, 6.07) is 0.0543. The first-order chi connectivity index (χ1) is 18.7. The van der Waals surface area contributed by atoms with Gasteiger partial charge in [-0.2, -0.15) is 5.26 Å². The topological polar surface area (TPSA) is 127 Å². The second-order valence-corrected chi connectivity index (χ2v) is 11.7. The van der Waals surface area contributed by atoms with Crippen LogP contribution in [0.5, 0.6) is 0 Å². The van der Waals surface area contributed by atoms with Crippen molar-refractivity contribution in [3.05, 3.63) is 24.0 Å². The normalized spacial score (nSPS) is 29.1. The number of nitrogens with one attached hydrogen (secondary N) is 3. The highest BCUT2D eigenvalue weighted by molar-refractivity contribution is 5.92. The lowest BCUT2D eigenvalue weighted by molar-refractivity contribution is -0.194. The molecule has 6 atom stereocenters. The molecule has 1 aromatic heterocycles. The maximum absolute atomic E-state index is 15.1. The van der Waals surface area contributed by atoms with Gasteiger partial charge in [0.25, 0.3) is 5.92 Å². The molecule has 4 heterocycles. The number of halogens is 2. The molecule has 1 aromatic rings. The van der Waals surface area contributed by atoms with Crippen molar-refractivity contribution in [1.82, 2.24) is 20.5 Å². The maximum atomic E-state index is 15.1. The molecule has 3 saturated heterocycles. The molecule has 5 aliphatic rings. The van der Waals surface area contributed by atoms with E-state index < -0.39 is 54.3 Å². The van der Waals surface area contributed by atoms with Gasteiger partial charge in [-0.15, -0.1) is 0 Å². The number of hydrogen-bond donors (Lipinski definition) is 3. The van der Waals surface area contributed by atoms with Crippen LogP contribution in [-0.2, 0) is 14.4 Å². The standard InChI is InChI=1S/C28H36F2N6O3/c1-16-9-20(15-32-14-16)34-23(10-17-4-5-17)27(39)36-21-6-7-22(28(29,30)12-21)24(36)26(38)35-19(13-31)11-18-3-2-8-33-25(18)37/h9,14-15,17-19,21-24,34H,2-8,10-12H2,1H3,(H,33,37)(H,35,38). The summed E-state index contributed by atoms with van der Waals surface area (Å²) < 4.78 is 30.3. The smallest absolute Gasteiger partial charge is 0.255 e. The van der Waals surface area contributed by atoms with Crippen LogP contribution in [0.3, 0.4) is 0 Å². The van der Waals surface area contributed by atoms with Crippen LogP contribution in [0.2, 0.25) is 0 Å². The fraction of sp³-hybridized carbons (Fsp3) is 0.679. The second-order valence-electron chi connectivity index (χ2n) is 11.7. The van der Waals surface area contributed by atoms with Crippen LogP contribution < -0.4 is 16.0 Å². The van der Waals surface area contributed by atoms with E-state index in [1.165, 1.54) is 4.90 Å². The van der Waals surface area contributed by atoms with Crippen molar-refractivity contribution in [3.8, 4) is 6.07 Å². The average Bonchev–Trinajstić information content (AvgIpc) is 3.72. The Kier molecular flexibility index (Phi) is 7.74. The van der Waals surface area contributed by atoms with Gasteiger partial charge in [-0.1, -0.05) is 12.8 Å². The number of hydrogen-bond acceptors (Lipinski definition) is 6. The van der Waals surface area contributed by atoms with Gasteiger partial charge in [-0.25, -0.2) is 8.78 Å². The van der Waals surface area contributed by atoms with Crippen LogP contribution in [0.4, 0.5) is 14.5 Å². The zero-order valence-electron chi connectivity index (χ0n) is 22.2. The van der Waals surface area contributed by atoms with Crippen molar-refractivity contribution in [3.63, 3.8) is 0 Å². The number of nitrogens with zero attached hydrogens (tertiary/aromatic N) is 3. The van der Waals surface area contributed by atoms with E-state index >= 15 is 8.78 Å². The number of fused-ring (bicyclic) bond motifs is 3. The van der Waals surface area contributed by atoms with Gasteiger partial charge in [-0.05, 0) is 63.0 Å². The monoisotopic (exact) mass is 542 g/mol. The van der Waals surface area contributed by atoms with Crippen molar-refractivity contribution in [2.45, 2.75) is 94.8 Å². The highest BCUT2D eigenvalue weighted by Crippen LogP contribution is 2.49. The molecule has 2 aliphatic carbocycles. The van der Waals surface area contributed by atoms with E-state index in [9.17, 15) is 19.6 Å². The summed E-state index contributed by atoms with van der Waals surface area (Å²) in [6.45, 7) is 2.47. The number of aromatic nitrogens is 1. The maximum Gasteiger partial charge on any atom is 0.255 e. The van der Waals surface area contributed by atoms with Crippen LogP contribution in [-0.4, -0.2) is 64.2 Å². The molecule has 6 unspecified atom stereocenters. The molecule has 9 nitrogen and oxygen atoms in total. The van der Waals surface area contributed by atoms with Crippen LogP contribution in [0, 0.1) is 36.0 Å². The van der Waals surface area contributed by atoms with Gasteiger partial charge >= 0.3 is 0 Å². The Labute approximate surface area is 227 Å². The summed E-state index contributed by atoms with van der Waals surface area (Å²) >= 11 is 0. The summed E-state index contributed by atoms with van der Waals surface area (Å²) in [5.41, 5.74) is 1.58. The highest BCUT2D eigenvalue weighted by atomic mass is 19.3. The molecule has 0 radical (unpaired) electrons. The number of amides is 3. The minimum absolute atomic E-state index is 0.103. The summed E-state index contributed by atoms with van der Waals surface area (Å²) in [5.74, 6) is -5.77. The third-order valence-electron chi connectivity index (χ3n) is 8.63. The molecule has 0 aromatic carbocycles. The van der Waals surface area contributed by atoms with Gasteiger partial charge < -0.3 is 20.9 Å². The minimum Gasteiger partial charge on any atom is -0.372 e. The SMILES string of the molecule is Cc1cncc(NC(CC2CC2)C(=O)N2C3CCC(C2C(=O)NC(C#N)CC2CCCNC2=O)C(F)(F)C3)c1. The van der Waals surface area contributed by atoms with Crippen molar-refractivity contribution in [2.24, 2.45) is 17.8 Å². The van der Waals surface area contributed by atoms with Crippen molar-refractivity contribution < 1.29 is 23.2 Å². The highest BCUT2D eigenvalue weighted by Gasteiger charge is 2.61. The fourth-order valence-corrected chi connectivity index (χ4v) is 6.49. The van der Waals surface area contributed by atoms with Crippen LogP contribution >= 0.6 is 0 Å². The van der Waals surface area contributed by atoms with Crippen LogP contribution in [0.1, 0.15) is 63.4 Å². The van der Waals surface area contributed by atoms with Gasteiger partial charge in [0.15, 0.2) is 0 Å². The molecule has 39 heavy (non-hydrogen) atoms. The number of alkyl halides is 2. The second kappa shape index (κ2) is 11.1. The van der Waals surface area contributed by atoms with E-state index in [2.05, 4.69) is 20.9 Å². The van der Waals surface area contributed by atoms with Crippen molar-refractivity contribution in [1.29, 1.82) is 5.26 Å². The number of carbonyl (C=O) groups excluding carboxylic acids is 3. The molecule has 210 valence electrons. The zero-order chi connectivity index (χ0) is 27.7. The molecular weight excluding hydrogens is 506 g/mol. The lowest BCUT2D eigenvalue weighted by Gasteiger charge is -2.54. The molecule has 2 saturated carbocycles. The van der Waals surface area contributed by atoms with E-state index in [0.717, 1.165) is 24.8 Å². The quantitative estimate of drug-likeness (QED) is 0.440. The number of aryl methyl sites for hydroxylation is 1. The molecule has 0 spiro atoms. The van der Waals surface area contributed by atoms with Crippen LogP contribution in [0.25, 0.3) is 0 Å². The van der Waals surface area contributed by atoms with Crippen LogP contribution in [0.15, 0.2) is 18.5 Å². The third-order valence-corrected chi connectivity index (χ3v) is 8.63. The lowest BCUT2D eigenvalue weighted by atomic mass is 9.71. The predicted molar refractivity (Wildman–Crippen MR) is 138 cm³/mol. The molecule has 3 N–H and O–H groups in total.